The fourth-order valence-electron chi connectivity index (χ4n) is 3.16. The van der Waals surface area contributed by atoms with Gasteiger partial charge in [0, 0.05) is 21.8 Å². The summed E-state index contributed by atoms with van der Waals surface area (Å²) in [6.07, 6.45) is 0. The maximum Gasteiger partial charge on any atom is 0.291 e. The lowest BCUT2D eigenvalue weighted by atomic mass is 10.1. The second kappa shape index (κ2) is 10.4. The van der Waals surface area contributed by atoms with E-state index in [2.05, 4.69) is 16.0 Å². The predicted octanol–water partition coefficient (Wildman–Crippen LogP) is 5.54. The number of carbonyl (C=O) groups excluding carboxylic acids is 2. The first-order valence-corrected chi connectivity index (χ1v) is 11.1. The van der Waals surface area contributed by atoms with E-state index in [0.717, 1.165) is 10.9 Å². The second-order valence-electron chi connectivity index (χ2n) is 7.38. The van der Waals surface area contributed by atoms with E-state index in [9.17, 15) is 9.59 Å². The molecule has 3 N–H and O–H groups in total. The summed E-state index contributed by atoms with van der Waals surface area (Å²) in [5.74, 6) is 0.00391. The Labute approximate surface area is 206 Å². The van der Waals surface area contributed by atoms with E-state index in [1.807, 2.05) is 31.2 Å². The Hall–Kier alpha value is -3.88. The predicted molar refractivity (Wildman–Crippen MR) is 137 cm³/mol. The van der Waals surface area contributed by atoms with Crippen molar-refractivity contribution in [2.45, 2.75) is 6.92 Å². The van der Waals surface area contributed by atoms with Gasteiger partial charge in [-0.2, -0.15) is 0 Å². The fraction of sp³-hybridized carbons (Fsp3) is 0.0800. The third kappa shape index (κ3) is 5.92. The Bertz CT molecular complexity index is 1340. The van der Waals surface area contributed by atoms with Crippen molar-refractivity contribution >= 4 is 63.1 Å². The van der Waals surface area contributed by atoms with Gasteiger partial charge in [-0.3, -0.25) is 14.9 Å². The minimum Gasteiger partial charge on any atom is -0.484 e. The number of aryl methyl sites for hydroxylation is 1. The smallest absolute Gasteiger partial charge is 0.291 e. The van der Waals surface area contributed by atoms with E-state index < -0.39 is 5.91 Å². The normalized spacial score (nSPS) is 10.5. The quantitative estimate of drug-likeness (QED) is 0.305. The van der Waals surface area contributed by atoms with Crippen LogP contribution in [0.4, 0.5) is 11.4 Å². The van der Waals surface area contributed by atoms with E-state index in [1.54, 1.807) is 48.5 Å². The zero-order valence-corrected chi connectivity index (χ0v) is 19.6. The molecule has 0 radical (unpaired) electrons. The van der Waals surface area contributed by atoms with Crippen LogP contribution in [0.3, 0.4) is 0 Å². The van der Waals surface area contributed by atoms with Crippen LogP contribution in [0, 0.1) is 6.92 Å². The maximum absolute atomic E-state index is 12.6. The van der Waals surface area contributed by atoms with Crippen LogP contribution in [0.25, 0.3) is 11.0 Å². The number of benzene rings is 3. The average Bonchev–Trinajstić information content (AvgIpc) is 3.25. The summed E-state index contributed by atoms with van der Waals surface area (Å²) in [6, 6.07) is 21.1. The van der Waals surface area contributed by atoms with Crippen LogP contribution in [-0.4, -0.2) is 23.5 Å². The third-order valence-corrected chi connectivity index (χ3v) is 5.27. The Morgan fingerprint density at radius 1 is 1.00 bits per heavy atom. The summed E-state index contributed by atoms with van der Waals surface area (Å²) in [5.41, 5.74) is 2.73. The number of hydrogen-bond donors (Lipinski definition) is 3. The van der Waals surface area contributed by atoms with E-state index in [-0.39, 0.29) is 23.4 Å². The van der Waals surface area contributed by atoms with Crippen molar-refractivity contribution in [2.24, 2.45) is 0 Å². The minimum absolute atomic E-state index is 0.128. The number of para-hydroxylation sites is 1. The molecule has 0 bridgehead atoms. The second-order valence-corrected chi connectivity index (χ2v) is 8.22. The topological polar surface area (TPSA) is 92.6 Å². The van der Waals surface area contributed by atoms with E-state index >= 15 is 0 Å². The van der Waals surface area contributed by atoms with Gasteiger partial charge in [0.1, 0.15) is 11.3 Å². The van der Waals surface area contributed by atoms with Gasteiger partial charge in [0.25, 0.3) is 11.8 Å². The Morgan fingerprint density at radius 2 is 1.76 bits per heavy atom. The van der Waals surface area contributed by atoms with Crippen molar-refractivity contribution in [3.63, 3.8) is 0 Å². The van der Waals surface area contributed by atoms with Gasteiger partial charge in [-0.25, -0.2) is 0 Å². The molecule has 7 nitrogen and oxygen atoms in total. The zero-order valence-electron chi connectivity index (χ0n) is 18.1. The highest BCUT2D eigenvalue weighted by molar-refractivity contribution is 7.80. The van der Waals surface area contributed by atoms with Crippen molar-refractivity contribution in [3.8, 4) is 5.75 Å². The molecule has 4 aromatic rings. The molecule has 0 saturated carbocycles. The summed E-state index contributed by atoms with van der Waals surface area (Å²) < 4.78 is 11.0. The maximum atomic E-state index is 12.6. The number of halogens is 1. The molecule has 0 aliphatic carbocycles. The molecule has 0 aliphatic rings. The first-order chi connectivity index (χ1) is 16.4. The number of hydrogen-bond acceptors (Lipinski definition) is 5. The van der Waals surface area contributed by atoms with Crippen LogP contribution < -0.4 is 20.7 Å². The molecule has 1 heterocycles. The monoisotopic (exact) mass is 493 g/mol. The van der Waals surface area contributed by atoms with Gasteiger partial charge in [-0.05, 0) is 79.3 Å². The Kier molecular flexibility index (Phi) is 7.10. The molecule has 4 rings (SSSR count). The molecule has 9 heteroatoms. The highest BCUT2D eigenvalue weighted by Crippen LogP contribution is 2.23. The largest absolute Gasteiger partial charge is 0.484 e. The summed E-state index contributed by atoms with van der Waals surface area (Å²) in [6.45, 7) is 1.65. The molecule has 1 aromatic heterocycles. The van der Waals surface area contributed by atoms with Crippen molar-refractivity contribution in [1.29, 1.82) is 0 Å². The van der Waals surface area contributed by atoms with Crippen LogP contribution in [0.5, 0.6) is 5.75 Å². The number of furan rings is 1. The molecule has 34 heavy (non-hydrogen) atoms. The van der Waals surface area contributed by atoms with E-state index in [1.165, 1.54) is 0 Å². The minimum atomic E-state index is -0.404. The molecule has 0 aliphatic heterocycles. The molecular weight excluding hydrogens is 474 g/mol. The number of ether oxygens (including phenoxy) is 1. The van der Waals surface area contributed by atoms with E-state index in [4.69, 9.17) is 33.0 Å². The van der Waals surface area contributed by atoms with Crippen LogP contribution in [0.15, 0.2) is 77.2 Å². The van der Waals surface area contributed by atoms with Crippen molar-refractivity contribution in [3.05, 3.63) is 89.1 Å². The third-order valence-electron chi connectivity index (χ3n) is 4.82. The molecule has 172 valence electrons. The van der Waals surface area contributed by atoms with Gasteiger partial charge in [0.2, 0.25) is 0 Å². The first-order valence-electron chi connectivity index (χ1n) is 10.3. The lowest BCUT2D eigenvalue weighted by Crippen LogP contribution is -2.37. The molecule has 0 saturated heterocycles. The van der Waals surface area contributed by atoms with Gasteiger partial charge < -0.3 is 19.8 Å². The zero-order chi connectivity index (χ0) is 24.1. The first kappa shape index (κ1) is 23.3. The number of thiocarbonyl (C=S) groups is 1. The molecule has 0 spiro atoms. The van der Waals surface area contributed by atoms with Crippen molar-refractivity contribution < 1.29 is 18.7 Å². The van der Waals surface area contributed by atoms with Crippen molar-refractivity contribution in [1.82, 2.24) is 5.32 Å². The molecule has 0 fully saturated rings. The molecule has 0 atom stereocenters. The molecule has 3 aromatic carbocycles. The fourth-order valence-corrected chi connectivity index (χ4v) is 3.52. The van der Waals surface area contributed by atoms with Gasteiger partial charge in [0.05, 0.1) is 0 Å². The number of nitrogens with one attached hydrogen (secondary N) is 3. The number of rotatable bonds is 6. The number of carbonyl (C=O) groups is 2. The SMILES string of the molecule is Cc1cc(NC(=S)NC(=O)COc2ccc(Cl)cc2)ccc1NC(=O)c1cc2ccccc2o1. The standard InChI is InChI=1S/C25H20ClN3O4S/c1-15-12-18(27-25(34)29-23(30)14-32-19-9-6-17(26)7-10-19)8-11-20(15)28-24(31)22-13-16-4-2-3-5-21(16)33-22/h2-13H,14H2,1H3,(H,28,31)(H2,27,29,30,34). The molecule has 0 unspecified atom stereocenters. The summed E-state index contributed by atoms with van der Waals surface area (Å²) in [5, 5.41) is 9.92. The van der Waals surface area contributed by atoms with Gasteiger partial charge in [-0.1, -0.05) is 29.8 Å². The highest BCUT2D eigenvalue weighted by Gasteiger charge is 2.14. The molecular formula is C25H20ClN3O4S. The van der Waals surface area contributed by atoms with Gasteiger partial charge in [-0.15, -0.1) is 0 Å². The number of anilines is 2. The lowest BCUT2D eigenvalue weighted by molar-refractivity contribution is -0.121. The van der Waals surface area contributed by atoms with E-state index in [0.29, 0.717) is 27.7 Å². The summed E-state index contributed by atoms with van der Waals surface area (Å²) in [4.78, 5) is 24.7. The Balaban J connectivity index is 1.30. The van der Waals surface area contributed by atoms with Crippen LogP contribution in [-0.2, 0) is 4.79 Å². The van der Waals surface area contributed by atoms with Gasteiger partial charge in [0.15, 0.2) is 17.5 Å². The van der Waals surface area contributed by atoms with Crippen LogP contribution in [0.2, 0.25) is 5.02 Å². The van der Waals surface area contributed by atoms with Crippen LogP contribution in [0.1, 0.15) is 16.1 Å². The lowest BCUT2D eigenvalue weighted by Gasteiger charge is -2.13. The Morgan fingerprint density at radius 3 is 2.50 bits per heavy atom. The van der Waals surface area contributed by atoms with Crippen molar-refractivity contribution in [2.75, 3.05) is 17.2 Å². The van der Waals surface area contributed by atoms with Crippen LogP contribution >= 0.6 is 23.8 Å². The number of fused-ring (bicyclic) bond motifs is 1. The highest BCUT2D eigenvalue weighted by atomic mass is 35.5. The summed E-state index contributed by atoms with van der Waals surface area (Å²) >= 11 is 11.0. The molecule has 2 amide bonds. The number of amides is 2. The average molecular weight is 494 g/mol. The summed E-state index contributed by atoms with van der Waals surface area (Å²) in [7, 11) is 0. The van der Waals surface area contributed by atoms with Gasteiger partial charge >= 0.3 is 0 Å².